The summed E-state index contributed by atoms with van der Waals surface area (Å²) in [6.07, 6.45) is 1.27. The average Bonchev–Trinajstić information content (AvgIpc) is 2.09. The van der Waals surface area contributed by atoms with Gasteiger partial charge >= 0.3 is 0 Å². The van der Waals surface area contributed by atoms with Crippen molar-refractivity contribution in [2.75, 3.05) is 23.7 Å². The van der Waals surface area contributed by atoms with Gasteiger partial charge in [-0.15, -0.1) is 0 Å². The summed E-state index contributed by atoms with van der Waals surface area (Å²) in [6.45, 7) is 4.58. The maximum atomic E-state index is 5.76. The highest BCUT2D eigenvalue weighted by Gasteiger charge is 2.26. The molecule has 76 valence electrons. The van der Waals surface area contributed by atoms with E-state index in [2.05, 4.69) is 27.8 Å². The van der Waals surface area contributed by atoms with Crippen LogP contribution in [0.4, 0.5) is 11.4 Å². The molecule has 1 fully saturated rings. The van der Waals surface area contributed by atoms with Crippen molar-refractivity contribution in [3.63, 3.8) is 0 Å². The number of nitrogen functional groups attached to an aromatic ring is 1. The summed E-state index contributed by atoms with van der Waals surface area (Å²) < 4.78 is 1.14. The van der Waals surface area contributed by atoms with E-state index in [-0.39, 0.29) is 0 Å². The summed E-state index contributed by atoms with van der Waals surface area (Å²) in [6, 6.07) is 5.98. The van der Waals surface area contributed by atoms with Gasteiger partial charge in [0.1, 0.15) is 0 Å². The van der Waals surface area contributed by atoms with E-state index in [1.165, 1.54) is 25.2 Å². The third kappa shape index (κ3) is 1.73. The van der Waals surface area contributed by atoms with E-state index in [1.807, 2.05) is 18.2 Å². The summed E-state index contributed by atoms with van der Waals surface area (Å²) in [7, 11) is 0. The Balaban J connectivity index is 2.13. The summed E-state index contributed by atoms with van der Waals surface area (Å²) in [5, 5.41) is 0. The third-order valence-corrected chi connectivity index (χ3v) is 3.52. The van der Waals surface area contributed by atoms with E-state index in [0.717, 1.165) is 16.1 Å². The van der Waals surface area contributed by atoms with E-state index in [9.17, 15) is 0 Å². The molecule has 1 heterocycles. The minimum Gasteiger partial charge on any atom is -0.399 e. The molecular weight excluding hydrogens is 240 g/mol. The van der Waals surface area contributed by atoms with Crippen LogP contribution in [0.3, 0.4) is 0 Å². The monoisotopic (exact) mass is 254 g/mol. The highest BCUT2D eigenvalue weighted by atomic mass is 79.9. The lowest BCUT2D eigenvalue weighted by Gasteiger charge is -2.41. The molecule has 2 N–H and O–H groups in total. The summed E-state index contributed by atoms with van der Waals surface area (Å²) in [4.78, 5) is 2.37. The predicted molar refractivity (Wildman–Crippen MR) is 64.5 cm³/mol. The predicted octanol–water partition coefficient (Wildman–Crippen LogP) is 2.88. The molecule has 0 saturated carbocycles. The minimum absolute atomic E-state index is 0.836. The van der Waals surface area contributed by atoms with E-state index in [1.54, 1.807) is 0 Å². The van der Waals surface area contributed by atoms with Crippen LogP contribution < -0.4 is 10.6 Å². The third-order valence-electron chi connectivity index (χ3n) is 2.85. The Morgan fingerprint density at radius 2 is 2.21 bits per heavy atom. The minimum atomic E-state index is 0.836. The number of nitrogens with zero attached hydrogens (tertiary/aromatic N) is 1. The molecule has 1 aliphatic heterocycles. The molecule has 14 heavy (non-hydrogen) atoms. The van der Waals surface area contributed by atoms with Gasteiger partial charge in [0.2, 0.25) is 0 Å². The molecular formula is C11H15BrN2. The number of hydrogen-bond donors (Lipinski definition) is 1. The van der Waals surface area contributed by atoms with Gasteiger partial charge in [0, 0.05) is 23.2 Å². The van der Waals surface area contributed by atoms with Crippen molar-refractivity contribution in [1.29, 1.82) is 0 Å². The Morgan fingerprint density at radius 3 is 2.86 bits per heavy atom. The lowest BCUT2D eigenvalue weighted by atomic mass is 9.96. The maximum Gasteiger partial charge on any atom is 0.0531 e. The zero-order valence-electron chi connectivity index (χ0n) is 8.33. The number of rotatable bonds is 2. The number of benzene rings is 1. The molecule has 0 aromatic heterocycles. The molecule has 0 radical (unpaired) electrons. The SMILES string of the molecule is CCC1CN(c2cc(N)ccc2Br)C1. The first-order valence-corrected chi connectivity index (χ1v) is 5.80. The highest BCUT2D eigenvalue weighted by Crippen LogP contribution is 2.33. The van der Waals surface area contributed by atoms with Crippen molar-refractivity contribution >= 4 is 27.3 Å². The van der Waals surface area contributed by atoms with Gasteiger partial charge in [-0.3, -0.25) is 0 Å². The molecule has 0 spiro atoms. The van der Waals surface area contributed by atoms with Crippen molar-refractivity contribution < 1.29 is 0 Å². The standard InChI is InChI=1S/C11H15BrN2/c1-2-8-6-14(7-8)11-5-9(13)3-4-10(11)12/h3-5,8H,2,6-7,13H2,1H3. The molecule has 1 aliphatic rings. The number of nitrogens with two attached hydrogens (primary N) is 1. The Morgan fingerprint density at radius 1 is 1.50 bits per heavy atom. The van der Waals surface area contributed by atoms with Crippen LogP contribution in [0.25, 0.3) is 0 Å². The van der Waals surface area contributed by atoms with Gasteiger partial charge in [0.15, 0.2) is 0 Å². The van der Waals surface area contributed by atoms with Crippen molar-refractivity contribution in [1.82, 2.24) is 0 Å². The second kappa shape index (κ2) is 3.81. The Labute approximate surface area is 93.2 Å². The van der Waals surface area contributed by atoms with Gasteiger partial charge in [0.05, 0.1) is 5.69 Å². The highest BCUT2D eigenvalue weighted by molar-refractivity contribution is 9.10. The van der Waals surface area contributed by atoms with Gasteiger partial charge < -0.3 is 10.6 Å². The van der Waals surface area contributed by atoms with Crippen molar-refractivity contribution in [2.45, 2.75) is 13.3 Å². The van der Waals surface area contributed by atoms with Gasteiger partial charge in [-0.2, -0.15) is 0 Å². The maximum absolute atomic E-state index is 5.76. The first kappa shape index (κ1) is 9.84. The van der Waals surface area contributed by atoms with E-state index < -0.39 is 0 Å². The molecule has 1 aromatic carbocycles. The second-order valence-electron chi connectivity index (χ2n) is 3.89. The van der Waals surface area contributed by atoms with E-state index in [0.29, 0.717) is 0 Å². The first-order chi connectivity index (χ1) is 6.70. The number of anilines is 2. The summed E-state index contributed by atoms with van der Waals surface area (Å²) in [5.74, 6) is 0.864. The van der Waals surface area contributed by atoms with Gasteiger partial charge in [-0.1, -0.05) is 6.92 Å². The fraction of sp³-hybridized carbons (Fsp3) is 0.455. The lowest BCUT2D eigenvalue weighted by molar-refractivity contribution is 0.398. The fourth-order valence-electron chi connectivity index (χ4n) is 1.80. The zero-order chi connectivity index (χ0) is 10.1. The summed E-state index contributed by atoms with van der Waals surface area (Å²) >= 11 is 3.55. The molecule has 0 bridgehead atoms. The Kier molecular flexibility index (Phi) is 2.68. The van der Waals surface area contributed by atoms with E-state index in [4.69, 9.17) is 5.73 Å². The van der Waals surface area contributed by atoms with Gasteiger partial charge in [-0.25, -0.2) is 0 Å². The molecule has 2 nitrogen and oxygen atoms in total. The molecule has 0 atom stereocenters. The van der Waals surface area contributed by atoms with Gasteiger partial charge in [0.25, 0.3) is 0 Å². The van der Waals surface area contributed by atoms with Crippen molar-refractivity contribution in [3.05, 3.63) is 22.7 Å². The molecule has 0 amide bonds. The van der Waals surface area contributed by atoms with Crippen molar-refractivity contribution in [3.8, 4) is 0 Å². The average molecular weight is 255 g/mol. The normalized spacial score (nSPS) is 16.9. The van der Waals surface area contributed by atoms with Crippen LogP contribution in [0.5, 0.6) is 0 Å². The molecule has 0 unspecified atom stereocenters. The quantitative estimate of drug-likeness (QED) is 0.823. The number of halogens is 1. The Bertz CT molecular complexity index is 332. The van der Waals surface area contributed by atoms with Crippen LogP contribution >= 0.6 is 15.9 Å². The van der Waals surface area contributed by atoms with Crippen LogP contribution in [-0.4, -0.2) is 13.1 Å². The molecule has 0 aliphatic carbocycles. The van der Waals surface area contributed by atoms with Crippen molar-refractivity contribution in [2.24, 2.45) is 5.92 Å². The van der Waals surface area contributed by atoms with Gasteiger partial charge in [-0.05, 0) is 46.5 Å². The van der Waals surface area contributed by atoms with E-state index >= 15 is 0 Å². The van der Waals surface area contributed by atoms with Crippen LogP contribution in [0, 0.1) is 5.92 Å². The van der Waals surface area contributed by atoms with Crippen LogP contribution in [0.2, 0.25) is 0 Å². The lowest BCUT2D eigenvalue weighted by Crippen LogP contribution is -2.46. The van der Waals surface area contributed by atoms with Crippen LogP contribution in [0.1, 0.15) is 13.3 Å². The fourth-order valence-corrected chi connectivity index (χ4v) is 2.29. The number of hydrogen-bond acceptors (Lipinski definition) is 2. The zero-order valence-corrected chi connectivity index (χ0v) is 9.92. The largest absolute Gasteiger partial charge is 0.399 e. The molecule has 1 saturated heterocycles. The smallest absolute Gasteiger partial charge is 0.0531 e. The molecule has 3 heteroatoms. The molecule has 2 rings (SSSR count). The van der Waals surface area contributed by atoms with Crippen LogP contribution in [-0.2, 0) is 0 Å². The Hall–Kier alpha value is -0.700. The van der Waals surface area contributed by atoms with Crippen LogP contribution in [0.15, 0.2) is 22.7 Å². The second-order valence-corrected chi connectivity index (χ2v) is 4.74. The summed E-state index contributed by atoms with van der Waals surface area (Å²) in [5.41, 5.74) is 7.83. The molecule has 1 aromatic rings. The topological polar surface area (TPSA) is 29.3 Å². The first-order valence-electron chi connectivity index (χ1n) is 5.00.